The predicted octanol–water partition coefficient (Wildman–Crippen LogP) is 2.71. The number of ketones is 1. The van der Waals surface area contributed by atoms with Gasteiger partial charge in [-0.05, 0) is 25.0 Å². The van der Waals surface area contributed by atoms with Crippen molar-refractivity contribution in [3.8, 4) is 0 Å². The number of hydrogen-bond donors (Lipinski definition) is 1. The van der Waals surface area contributed by atoms with Crippen LogP contribution in [0.2, 0.25) is 0 Å². The van der Waals surface area contributed by atoms with Gasteiger partial charge in [-0.15, -0.1) is 0 Å². The van der Waals surface area contributed by atoms with Crippen LogP contribution in [0.5, 0.6) is 0 Å². The number of rotatable bonds is 2. The molecule has 0 spiro atoms. The first-order valence-corrected chi connectivity index (χ1v) is 6.30. The third kappa shape index (κ3) is 2.36. The first kappa shape index (κ1) is 13.3. The van der Waals surface area contributed by atoms with Crippen molar-refractivity contribution in [1.82, 2.24) is 5.32 Å². The molecule has 1 aromatic carbocycles. The molecule has 0 saturated heterocycles. The van der Waals surface area contributed by atoms with E-state index in [0.717, 1.165) is 16.7 Å². The van der Waals surface area contributed by atoms with Crippen molar-refractivity contribution in [2.75, 3.05) is 0 Å². The van der Waals surface area contributed by atoms with E-state index >= 15 is 0 Å². The lowest BCUT2D eigenvalue weighted by Gasteiger charge is -2.13. The van der Waals surface area contributed by atoms with E-state index in [1.165, 1.54) is 6.92 Å². The minimum atomic E-state index is -0.216. The van der Waals surface area contributed by atoms with E-state index in [0.29, 0.717) is 5.70 Å². The quantitative estimate of drug-likeness (QED) is 0.826. The van der Waals surface area contributed by atoms with Gasteiger partial charge in [-0.3, -0.25) is 9.59 Å². The third-order valence-electron chi connectivity index (χ3n) is 3.37. The molecule has 1 aromatic rings. The molecule has 0 aromatic heterocycles. The van der Waals surface area contributed by atoms with Gasteiger partial charge >= 0.3 is 0 Å². The van der Waals surface area contributed by atoms with Gasteiger partial charge in [-0.1, -0.05) is 36.4 Å². The summed E-state index contributed by atoms with van der Waals surface area (Å²) in [7, 11) is 0. The molecule has 3 nitrogen and oxygen atoms in total. The maximum Gasteiger partial charge on any atom is 0.221 e. The Balaban J connectivity index is 2.50. The number of hydrogen-bond acceptors (Lipinski definition) is 2. The first-order chi connectivity index (χ1) is 9.06. The molecule has 1 aliphatic carbocycles. The molecule has 0 fully saturated rings. The van der Waals surface area contributed by atoms with Crippen LogP contribution in [0.1, 0.15) is 32.3 Å². The van der Waals surface area contributed by atoms with Crippen molar-refractivity contribution < 1.29 is 9.59 Å². The van der Waals surface area contributed by atoms with Crippen LogP contribution < -0.4 is 5.32 Å². The summed E-state index contributed by atoms with van der Waals surface area (Å²) in [4.78, 5) is 23.5. The average molecular weight is 255 g/mol. The van der Waals surface area contributed by atoms with Crippen molar-refractivity contribution in [2.24, 2.45) is 0 Å². The molecule has 1 aliphatic rings. The zero-order chi connectivity index (χ0) is 14.0. The third-order valence-corrected chi connectivity index (χ3v) is 3.37. The van der Waals surface area contributed by atoms with Crippen LogP contribution in [0, 0.1) is 0 Å². The number of carbonyl (C=O) groups is 2. The Kier molecular flexibility index (Phi) is 3.65. The Bertz CT molecular complexity index is 582. The monoisotopic (exact) mass is 255 g/mol. The Labute approximate surface area is 113 Å². The zero-order valence-corrected chi connectivity index (χ0v) is 11.4. The van der Waals surface area contributed by atoms with Crippen LogP contribution in [0.3, 0.4) is 0 Å². The van der Waals surface area contributed by atoms with Crippen molar-refractivity contribution in [3.63, 3.8) is 0 Å². The molecule has 0 radical (unpaired) electrons. The molecule has 98 valence electrons. The normalized spacial score (nSPS) is 21.1. The summed E-state index contributed by atoms with van der Waals surface area (Å²) in [6.45, 7) is 5.17. The average Bonchev–Trinajstić information content (AvgIpc) is 2.63. The van der Waals surface area contributed by atoms with Gasteiger partial charge in [0.25, 0.3) is 0 Å². The smallest absolute Gasteiger partial charge is 0.221 e. The predicted molar refractivity (Wildman–Crippen MR) is 74.5 cm³/mol. The van der Waals surface area contributed by atoms with Crippen molar-refractivity contribution in [1.29, 1.82) is 0 Å². The van der Waals surface area contributed by atoms with Crippen LogP contribution >= 0.6 is 0 Å². The molecule has 1 N–H and O–H groups in total. The number of benzene rings is 1. The molecule has 0 aliphatic heterocycles. The summed E-state index contributed by atoms with van der Waals surface area (Å²) in [5.41, 5.74) is 3.13. The van der Waals surface area contributed by atoms with Gasteiger partial charge in [0, 0.05) is 18.4 Å². The molecular formula is C16H17NO2. The minimum absolute atomic E-state index is 0.0550. The molecule has 2 rings (SSSR count). The summed E-state index contributed by atoms with van der Waals surface area (Å²) in [5.74, 6) is -0.350. The molecule has 1 atom stereocenters. The molecule has 0 bridgehead atoms. The second-order valence-electron chi connectivity index (χ2n) is 4.66. The molecule has 19 heavy (non-hydrogen) atoms. The van der Waals surface area contributed by atoms with E-state index in [-0.39, 0.29) is 17.6 Å². The summed E-state index contributed by atoms with van der Waals surface area (Å²) in [6.07, 6.45) is 1.83. The van der Waals surface area contributed by atoms with E-state index < -0.39 is 0 Å². The summed E-state index contributed by atoms with van der Waals surface area (Å²) < 4.78 is 0. The maximum absolute atomic E-state index is 12.3. The minimum Gasteiger partial charge on any atom is -0.323 e. The van der Waals surface area contributed by atoms with E-state index in [2.05, 4.69) is 5.32 Å². The summed E-state index contributed by atoms with van der Waals surface area (Å²) in [5, 5.41) is 2.66. The largest absolute Gasteiger partial charge is 0.323 e. The molecule has 1 unspecified atom stereocenters. The Hall–Kier alpha value is -2.16. The van der Waals surface area contributed by atoms with Gasteiger partial charge in [0.15, 0.2) is 0 Å². The van der Waals surface area contributed by atoms with Gasteiger partial charge in [0.1, 0.15) is 0 Å². The van der Waals surface area contributed by atoms with Crippen LogP contribution in [0.4, 0.5) is 0 Å². The molecule has 0 saturated carbocycles. The Morgan fingerprint density at radius 1 is 1.26 bits per heavy atom. The maximum atomic E-state index is 12.3. The standard InChI is InChI=1S/C16H17NO2/c1-4-13-14(12-8-6-5-7-9-12)10(2)15(16(13)19)17-11(3)18/h4-9,14H,1-3H3,(H,17,18)/b13-4+. The van der Waals surface area contributed by atoms with Crippen LogP contribution in [-0.4, -0.2) is 11.7 Å². The lowest BCUT2D eigenvalue weighted by molar-refractivity contribution is -0.120. The van der Waals surface area contributed by atoms with Crippen molar-refractivity contribution >= 4 is 11.7 Å². The van der Waals surface area contributed by atoms with E-state index in [1.807, 2.05) is 50.3 Å². The van der Waals surface area contributed by atoms with Crippen LogP contribution in [0.15, 0.2) is 53.3 Å². The van der Waals surface area contributed by atoms with Gasteiger partial charge in [0.2, 0.25) is 11.7 Å². The van der Waals surface area contributed by atoms with Crippen molar-refractivity contribution in [2.45, 2.75) is 26.7 Å². The number of allylic oxidation sites excluding steroid dienone is 3. The second kappa shape index (κ2) is 5.22. The van der Waals surface area contributed by atoms with Crippen molar-refractivity contribution in [3.05, 3.63) is 58.8 Å². The summed E-state index contributed by atoms with van der Waals surface area (Å²) in [6, 6.07) is 9.86. The van der Waals surface area contributed by atoms with Crippen LogP contribution in [-0.2, 0) is 9.59 Å². The summed E-state index contributed by atoms with van der Waals surface area (Å²) >= 11 is 0. The molecule has 3 heteroatoms. The van der Waals surface area contributed by atoms with Gasteiger partial charge in [0.05, 0.1) is 5.70 Å². The second-order valence-corrected chi connectivity index (χ2v) is 4.66. The lowest BCUT2D eigenvalue weighted by atomic mass is 9.89. The lowest BCUT2D eigenvalue weighted by Crippen LogP contribution is -2.23. The van der Waals surface area contributed by atoms with E-state index in [1.54, 1.807) is 0 Å². The number of carbonyl (C=O) groups excluding carboxylic acids is 2. The fourth-order valence-corrected chi connectivity index (χ4v) is 2.54. The molecular weight excluding hydrogens is 238 g/mol. The highest BCUT2D eigenvalue weighted by atomic mass is 16.2. The highest BCUT2D eigenvalue weighted by Crippen LogP contribution is 2.40. The van der Waals surface area contributed by atoms with E-state index in [9.17, 15) is 9.59 Å². The van der Waals surface area contributed by atoms with Gasteiger partial charge in [-0.2, -0.15) is 0 Å². The highest BCUT2D eigenvalue weighted by Gasteiger charge is 2.35. The van der Waals surface area contributed by atoms with Gasteiger partial charge in [-0.25, -0.2) is 0 Å². The number of amides is 1. The topological polar surface area (TPSA) is 46.2 Å². The SMILES string of the molecule is C/C=C1/C(=O)C(NC(C)=O)=C(C)C1c1ccccc1. The van der Waals surface area contributed by atoms with Gasteiger partial charge < -0.3 is 5.32 Å². The van der Waals surface area contributed by atoms with Crippen LogP contribution in [0.25, 0.3) is 0 Å². The Morgan fingerprint density at radius 3 is 2.42 bits per heavy atom. The molecule has 0 heterocycles. The highest BCUT2D eigenvalue weighted by molar-refractivity contribution is 6.14. The zero-order valence-electron chi connectivity index (χ0n) is 11.4. The fourth-order valence-electron chi connectivity index (χ4n) is 2.54. The fraction of sp³-hybridized carbons (Fsp3) is 0.250. The molecule has 1 amide bonds. The number of nitrogens with one attached hydrogen (secondary N) is 1. The van der Waals surface area contributed by atoms with E-state index in [4.69, 9.17) is 0 Å². The Morgan fingerprint density at radius 2 is 1.89 bits per heavy atom. The first-order valence-electron chi connectivity index (χ1n) is 6.30. The number of Topliss-reactive ketones (excluding diaryl/α,β-unsaturated/α-hetero) is 1.